The second-order valence-electron chi connectivity index (χ2n) is 7.29. The van der Waals surface area contributed by atoms with Gasteiger partial charge in [-0.25, -0.2) is 0 Å². The molecule has 0 heterocycles. The van der Waals surface area contributed by atoms with Gasteiger partial charge in [0.1, 0.15) is 0 Å². The third-order valence-electron chi connectivity index (χ3n) is 5.11. The average Bonchev–Trinajstić information content (AvgIpc) is 2.41. The van der Waals surface area contributed by atoms with Gasteiger partial charge in [-0.1, -0.05) is 40.0 Å². The van der Waals surface area contributed by atoms with Crippen LogP contribution in [0.3, 0.4) is 0 Å². The van der Waals surface area contributed by atoms with E-state index in [-0.39, 0.29) is 18.6 Å². The van der Waals surface area contributed by atoms with Crippen LogP contribution in [0.5, 0.6) is 0 Å². The standard InChI is InChI=1S/C17H34O2/c1-14(2)11-15(3)9-10-17(12-18,13-19)16-7-5-4-6-8-16/h14-16,18-19H,4-13H2,1-3H3. The first kappa shape index (κ1) is 17.0. The van der Waals surface area contributed by atoms with Crippen LogP contribution in [-0.4, -0.2) is 23.4 Å². The molecule has 0 spiro atoms. The van der Waals surface area contributed by atoms with Crippen LogP contribution >= 0.6 is 0 Å². The normalized spacial score (nSPS) is 19.9. The topological polar surface area (TPSA) is 40.5 Å². The predicted octanol–water partition coefficient (Wildman–Crippen LogP) is 4.00. The van der Waals surface area contributed by atoms with E-state index in [1.54, 1.807) is 0 Å². The molecule has 1 unspecified atom stereocenters. The summed E-state index contributed by atoms with van der Waals surface area (Å²) >= 11 is 0. The van der Waals surface area contributed by atoms with Gasteiger partial charge in [-0.2, -0.15) is 0 Å². The van der Waals surface area contributed by atoms with Crippen LogP contribution in [0.15, 0.2) is 0 Å². The number of aliphatic hydroxyl groups is 2. The molecule has 0 aromatic rings. The van der Waals surface area contributed by atoms with Crippen molar-refractivity contribution in [1.29, 1.82) is 0 Å². The van der Waals surface area contributed by atoms with Gasteiger partial charge in [0.05, 0.1) is 13.2 Å². The molecule has 114 valence electrons. The molecule has 0 bridgehead atoms. The second-order valence-corrected chi connectivity index (χ2v) is 7.29. The van der Waals surface area contributed by atoms with Crippen molar-refractivity contribution in [2.45, 2.75) is 72.1 Å². The molecule has 2 nitrogen and oxygen atoms in total. The van der Waals surface area contributed by atoms with Crippen LogP contribution in [0.2, 0.25) is 0 Å². The van der Waals surface area contributed by atoms with Gasteiger partial charge in [0.2, 0.25) is 0 Å². The Labute approximate surface area is 119 Å². The zero-order chi connectivity index (χ0) is 14.3. The summed E-state index contributed by atoms with van der Waals surface area (Å²) in [5, 5.41) is 19.7. The van der Waals surface area contributed by atoms with Crippen molar-refractivity contribution in [2.24, 2.45) is 23.2 Å². The molecule has 0 aromatic carbocycles. The Morgan fingerprint density at radius 3 is 2.05 bits per heavy atom. The van der Waals surface area contributed by atoms with Gasteiger partial charge in [0, 0.05) is 5.41 Å². The van der Waals surface area contributed by atoms with Gasteiger partial charge >= 0.3 is 0 Å². The lowest BCUT2D eigenvalue weighted by Crippen LogP contribution is -2.39. The lowest BCUT2D eigenvalue weighted by Gasteiger charge is -2.41. The van der Waals surface area contributed by atoms with Crippen molar-refractivity contribution in [3.05, 3.63) is 0 Å². The third-order valence-corrected chi connectivity index (χ3v) is 5.11. The van der Waals surface area contributed by atoms with Crippen LogP contribution in [0.1, 0.15) is 72.1 Å². The van der Waals surface area contributed by atoms with E-state index in [0.717, 1.165) is 18.8 Å². The number of hydrogen-bond acceptors (Lipinski definition) is 2. The van der Waals surface area contributed by atoms with E-state index in [1.807, 2.05) is 0 Å². The minimum Gasteiger partial charge on any atom is -0.396 e. The first-order chi connectivity index (χ1) is 9.04. The zero-order valence-electron chi connectivity index (χ0n) is 13.2. The predicted molar refractivity (Wildman–Crippen MR) is 81.0 cm³/mol. The molecule has 1 fully saturated rings. The Kier molecular flexibility index (Phi) is 7.38. The molecule has 0 amide bonds. The maximum atomic E-state index is 9.86. The van der Waals surface area contributed by atoms with Gasteiger partial charge in [-0.15, -0.1) is 0 Å². The van der Waals surface area contributed by atoms with Crippen LogP contribution in [0.25, 0.3) is 0 Å². The molecule has 19 heavy (non-hydrogen) atoms. The van der Waals surface area contributed by atoms with Gasteiger partial charge < -0.3 is 10.2 Å². The molecule has 1 aliphatic carbocycles. The molecule has 1 aliphatic rings. The van der Waals surface area contributed by atoms with E-state index < -0.39 is 0 Å². The van der Waals surface area contributed by atoms with Gasteiger partial charge in [-0.05, 0) is 49.9 Å². The fourth-order valence-electron chi connectivity index (χ4n) is 3.84. The lowest BCUT2D eigenvalue weighted by molar-refractivity contribution is -0.0215. The second kappa shape index (κ2) is 8.26. The fourth-order valence-corrected chi connectivity index (χ4v) is 3.84. The molecule has 1 rings (SSSR count). The van der Waals surface area contributed by atoms with E-state index in [2.05, 4.69) is 20.8 Å². The molecule has 0 aliphatic heterocycles. The summed E-state index contributed by atoms with van der Waals surface area (Å²) in [5.41, 5.74) is -0.217. The van der Waals surface area contributed by atoms with E-state index >= 15 is 0 Å². The van der Waals surface area contributed by atoms with Crippen molar-refractivity contribution in [3.63, 3.8) is 0 Å². The van der Waals surface area contributed by atoms with Crippen LogP contribution in [0.4, 0.5) is 0 Å². The van der Waals surface area contributed by atoms with Crippen molar-refractivity contribution in [3.8, 4) is 0 Å². The maximum Gasteiger partial charge on any atom is 0.0512 e. The number of aliphatic hydroxyl groups excluding tert-OH is 2. The minimum absolute atomic E-state index is 0.155. The molecular formula is C17H34O2. The number of rotatable bonds is 8. The first-order valence-electron chi connectivity index (χ1n) is 8.26. The smallest absolute Gasteiger partial charge is 0.0512 e. The van der Waals surface area contributed by atoms with Crippen molar-refractivity contribution >= 4 is 0 Å². The zero-order valence-corrected chi connectivity index (χ0v) is 13.2. The largest absolute Gasteiger partial charge is 0.396 e. The highest BCUT2D eigenvalue weighted by Crippen LogP contribution is 2.42. The summed E-state index contributed by atoms with van der Waals surface area (Å²) < 4.78 is 0. The molecule has 2 N–H and O–H groups in total. The maximum absolute atomic E-state index is 9.86. The third kappa shape index (κ3) is 5.07. The lowest BCUT2D eigenvalue weighted by atomic mass is 9.66. The monoisotopic (exact) mass is 270 g/mol. The van der Waals surface area contributed by atoms with E-state index in [4.69, 9.17) is 0 Å². The summed E-state index contributed by atoms with van der Waals surface area (Å²) in [4.78, 5) is 0. The highest BCUT2D eigenvalue weighted by molar-refractivity contribution is 4.88. The minimum atomic E-state index is -0.217. The van der Waals surface area contributed by atoms with Crippen molar-refractivity contribution in [2.75, 3.05) is 13.2 Å². The fraction of sp³-hybridized carbons (Fsp3) is 1.00. The summed E-state index contributed by atoms with van der Waals surface area (Å²) in [5.74, 6) is 1.96. The Morgan fingerprint density at radius 1 is 1.00 bits per heavy atom. The molecule has 0 saturated heterocycles. The highest BCUT2D eigenvalue weighted by Gasteiger charge is 2.38. The van der Waals surface area contributed by atoms with E-state index in [1.165, 1.54) is 38.5 Å². The van der Waals surface area contributed by atoms with Crippen LogP contribution in [-0.2, 0) is 0 Å². The Hall–Kier alpha value is -0.0800. The summed E-state index contributed by atoms with van der Waals surface area (Å²) in [6, 6.07) is 0. The quantitative estimate of drug-likeness (QED) is 0.700. The van der Waals surface area contributed by atoms with Gasteiger partial charge in [0.15, 0.2) is 0 Å². The summed E-state index contributed by atoms with van der Waals surface area (Å²) in [6.07, 6.45) is 9.63. The molecule has 2 heteroatoms. The van der Waals surface area contributed by atoms with E-state index in [0.29, 0.717) is 11.8 Å². The molecule has 1 saturated carbocycles. The van der Waals surface area contributed by atoms with E-state index in [9.17, 15) is 10.2 Å². The SMILES string of the molecule is CC(C)CC(C)CCC(CO)(CO)C1CCCCC1. The van der Waals surface area contributed by atoms with Gasteiger partial charge in [0.25, 0.3) is 0 Å². The molecular weight excluding hydrogens is 236 g/mol. The summed E-state index contributed by atoms with van der Waals surface area (Å²) in [7, 11) is 0. The molecule has 0 radical (unpaired) electrons. The highest BCUT2D eigenvalue weighted by atomic mass is 16.3. The summed E-state index contributed by atoms with van der Waals surface area (Å²) in [6.45, 7) is 7.15. The Morgan fingerprint density at radius 2 is 1.58 bits per heavy atom. The first-order valence-corrected chi connectivity index (χ1v) is 8.26. The Balaban J connectivity index is 2.54. The number of hydrogen-bond donors (Lipinski definition) is 2. The van der Waals surface area contributed by atoms with Crippen LogP contribution in [0, 0.1) is 23.2 Å². The van der Waals surface area contributed by atoms with Gasteiger partial charge in [-0.3, -0.25) is 0 Å². The average molecular weight is 270 g/mol. The van der Waals surface area contributed by atoms with Crippen molar-refractivity contribution in [1.82, 2.24) is 0 Å². The van der Waals surface area contributed by atoms with Crippen LogP contribution < -0.4 is 0 Å². The Bertz CT molecular complexity index is 227. The molecule has 0 aromatic heterocycles. The van der Waals surface area contributed by atoms with Crippen molar-refractivity contribution < 1.29 is 10.2 Å². The molecule has 1 atom stereocenters.